The van der Waals surface area contributed by atoms with E-state index in [0.29, 0.717) is 13.1 Å². The lowest BCUT2D eigenvalue weighted by Crippen LogP contribution is -2.46. The Morgan fingerprint density at radius 2 is 2.07 bits per heavy atom. The molecule has 0 radical (unpaired) electrons. The van der Waals surface area contributed by atoms with Crippen molar-refractivity contribution in [1.29, 1.82) is 0 Å². The highest BCUT2D eigenvalue weighted by atomic mass is 16.5. The van der Waals surface area contributed by atoms with E-state index in [1.165, 1.54) is 7.11 Å². The number of hydrogen-bond acceptors (Lipinski definition) is 5. The van der Waals surface area contributed by atoms with E-state index in [4.69, 9.17) is 14.5 Å². The number of benzene rings is 1. The first-order valence-electron chi connectivity index (χ1n) is 10.3. The van der Waals surface area contributed by atoms with Gasteiger partial charge in [-0.15, -0.1) is 0 Å². The Morgan fingerprint density at radius 3 is 2.79 bits per heavy atom. The number of nitrogens with one attached hydrogen (secondary N) is 1. The number of carbonyl (C=O) groups excluding carboxylic acids is 2. The van der Waals surface area contributed by atoms with E-state index in [1.807, 2.05) is 31.2 Å². The van der Waals surface area contributed by atoms with Crippen molar-refractivity contribution in [2.75, 3.05) is 51.3 Å². The van der Waals surface area contributed by atoms with E-state index in [9.17, 15) is 9.59 Å². The second-order valence-corrected chi connectivity index (χ2v) is 7.18. The van der Waals surface area contributed by atoms with Crippen molar-refractivity contribution < 1.29 is 19.1 Å². The number of rotatable bonds is 6. The van der Waals surface area contributed by atoms with Crippen molar-refractivity contribution in [3.63, 3.8) is 0 Å². The van der Waals surface area contributed by atoms with Crippen LogP contribution < -0.4 is 15.0 Å². The van der Waals surface area contributed by atoms with Crippen molar-refractivity contribution in [3.05, 3.63) is 24.3 Å². The molecule has 3 rings (SSSR count). The van der Waals surface area contributed by atoms with Crippen LogP contribution in [-0.2, 0) is 14.3 Å². The van der Waals surface area contributed by atoms with Crippen LogP contribution >= 0.6 is 0 Å². The van der Waals surface area contributed by atoms with Gasteiger partial charge < -0.3 is 24.6 Å². The molecule has 29 heavy (non-hydrogen) atoms. The normalized spacial score (nSPS) is 17.6. The van der Waals surface area contributed by atoms with Gasteiger partial charge in [0.05, 0.1) is 18.7 Å². The molecule has 2 aliphatic heterocycles. The van der Waals surface area contributed by atoms with Gasteiger partial charge in [-0.3, -0.25) is 14.6 Å². The number of guanidine groups is 1. The van der Waals surface area contributed by atoms with Crippen LogP contribution in [0.1, 0.15) is 26.2 Å². The predicted octanol–water partition coefficient (Wildman–Crippen LogP) is 1.65. The molecule has 2 aliphatic rings. The Hall–Kier alpha value is -2.77. The zero-order chi connectivity index (χ0) is 20.6. The molecule has 1 N–H and O–H groups in total. The number of nitrogens with zero attached hydrogens (tertiary/aromatic N) is 3. The highest BCUT2D eigenvalue weighted by molar-refractivity contribution is 5.97. The lowest BCUT2D eigenvalue weighted by Gasteiger charge is -2.33. The van der Waals surface area contributed by atoms with Crippen molar-refractivity contribution >= 4 is 23.5 Å². The quantitative estimate of drug-likeness (QED) is 0.337. The van der Waals surface area contributed by atoms with E-state index >= 15 is 0 Å². The molecule has 0 aromatic heterocycles. The van der Waals surface area contributed by atoms with Crippen LogP contribution in [0.15, 0.2) is 29.3 Å². The summed E-state index contributed by atoms with van der Waals surface area (Å²) in [6, 6.07) is 7.61. The molecule has 158 valence electrons. The van der Waals surface area contributed by atoms with Gasteiger partial charge in [-0.1, -0.05) is 12.1 Å². The fourth-order valence-corrected chi connectivity index (χ4v) is 3.73. The minimum absolute atomic E-state index is 0.0217. The maximum absolute atomic E-state index is 12.3. The third-order valence-corrected chi connectivity index (χ3v) is 5.27. The predicted molar refractivity (Wildman–Crippen MR) is 111 cm³/mol. The van der Waals surface area contributed by atoms with Crippen LogP contribution in [0.4, 0.5) is 5.69 Å². The number of carbonyl (C=O) groups is 2. The molecule has 0 bridgehead atoms. The van der Waals surface area contributed by atoms with Crippen molar-refractivity contribution in [2.45, 2.75) is 26.2 Å². The summed E-state index contributed by atoms with van der Waals surface area (Å²) >= 11 is 0. The number of likely N-dealkylation sites (tertiary alicyclic amines) is 1. The van der Waals surface area contributed by atoms with Crippen LogP contribution in [0, 0.1) is 5.92 Å². The summed E-state index contributed by atoms with van der Waals surface area (Å²) in [5, 5.41) is 3.33. The molecule has 1 saturated heterocycles. The zero-order valence-corrected chi connectivity index (χ0v) is 17.2. The smallest absolute Gasteiger partial charge is 0.308 e. The number of methoxy groups -OCH3 is 1. The fraction of sp³-hybridized carbons (Fsp3) is 0.571. The monoisotopic (exact) mass is 402 g/mol. The minimum Gasteiger partial charge on any atom is -0.482 e. The SMILES string of the molecule is CCNC(=NCCCN1C(=O)COc2ccccc21)N1CCC(C(=O)OC)CC1. The zero-order valence-electron chi connectivity index (χ0n) is 17.2. The average molecular weight is 402 g/mol. The fourth-order valence-electron chi connectivity index (χ4n) is 3.73. The standard InChI is InChI=1S/C21H30N4O4/c1-3-22-21(24-13-9-16(10-14-24)20(27)28-2)23-11-6-12-25-17-7-4-5-8-18(17)29-15-19(25)26/h4-5,7-8,16H,3,6,9-15H2,1-2H3,(H,22,23). The van der Waals surface area contributed by atoms with Gasteiger partial charge in [-0.05, 0) is 38.3 Å². The Morgan fingerprint density at radius 1 is 1.31 bits per heavy atom. The molecule has 0 unspecified atom stereocenters. The van der Waals surface area contributed by atoms with Gasteiger partial charge in [0.1, 0.15) is 5.75 Å². The summed E-state index contributed by atoms with van der Waals surface area (Å²) in [4.78, 5) is 32.7. The molecular formula is C21H30N4O4. The summed E-state index contributed by atoms with van der Waals surface area (Å²) in [5.74, 6) is 1.44. The first-order valence-corrected chi connectivity index (χ1v) is 10.3. The van der Waals surface area contributed by atoms with Gasteiger partial charge in [0, 0.05) is 32.7 Å². The van der Waals surface area contributed by atoms with Gasteiger partial charge in [0.15, 0.2) is 12.6 Å². The van der Waals surface area contributed by atoms with Crippen LogP contribution in [0.5, 0.6) is 5.75 Å². The summed E-state index contributed by atoms with van der Waals surface area (Å²) in [6.45, 7) is 5.68. The lowest BCUT2D eigenvalue weighted by atomic mass is 9.97. The molecule has 0 spiro atoms. The van der Waals surface area contributed by atoms with Crippen molar-refractivity contribution in [3.8, 4) is 5.75 Å². The Bertz CT molecular complexity index is 744. The summed E-state index contributed by atoms with van der Waals surface area (Å²) < 4.78 is 10.3. The molecule has 2 heterocycles. The van der Waals surface area contributed by atoms with E-state index in [2.05, 4.69) is 10.2 Å². The van der Waals surface area contributed by atoms with Crippen molar-refractivity contribution in [1.82, 2.24) is 10.2 Å². The largest absolute Gasteiger partial charge is 0.482 e. The van der Waals surface area contributed by atoms with E-state index in [-0.39, 0.29) is 24.4 Å². The molecule has 1 aromatic rings. The van der Waals surface area contributed by atoms with Crippen LogP contribution in [0.2, 0.25) is 0 Å². The summed E-state index contributed by atoms with van der Waals surface area (Å²) in [7, 11) is 1.44. The maximum atomic E-state index is 12.3. The molecule has 1 fully saturated rings. The molecule has 8 heteroatoms. The number of para-hydroxylation sites is 2. The van der Waals surface area contributed by atoms with Crippen LogP contribution in [0.25, 0.3) is 0 Å². The Balaban J connectivity index is 1.54. The highest BCUT2D eigenvalue weighted by Crippen LogP contribution is 2.31. The van der Waals surface area contributed by atoms with Crippen molar-refractivity contribution in [2.24, 2.45) is 10.9 Å². The third-order valence-electron chi connectivity index (χ3n) is 5.27. The van der Waals surface area contributed by atoms with Gasteiger partial charge >= 0.3 is 5.97 Å². The second kappa shape index (κ2) is 10.1. The minimum atomic E-state index is -0.123. The molecule has 1 aromatic carbocycles. The molecule has 0 saturated carbocycles. The van der Waals surface area contributed by atoms with E-state index in [0.717, 1.165) is 56.3 Å². The van der Waals surface area contributed by atoms with Crippen LogP contribution in [-0.4, -0.2) is 69.2 Å². The molecule has 8 nitrogen and oxygen atoms in total. The first kappa shape index (κ1) is 21.0. The Kier molecular flexibility index (Phi) is 7.32. The lowest BCUT2D eigenvalue weighted by molar-refractivity contribution is -0.146. The maximum Gasteiger partial charge on any atom is 0.308 e. The number of anilines is 1. The molecular weight excluding hydrogens is 372 g/mol. The summed E-state index contributed by atoms with van der Waals surface area (Å²) in [6.07, 6.45) is 2.31. The Labute approximate surface area is 171 Å². The van der Waals surface area contributed by atoms with Gasteiger partial charge in [0.2, 0.25) is 0 Å². The van der Waals surface area contributed by atoms with E-state index in [1.54, 1.807) is 4.90 Å². The molecule has 0 aliphatic carbocycles. The van der Waals surface area contributed by atoms with E-state index < -0.39 is 0 Å². The summed E-state index contributed by atoms with van der Waals surface area (Å²) in [5.41, 5.74) is 0.824. The molecule has 0 atom stereocenters. The second-order valence-electron chi connectivity index (χ2n) is 7.18. The highest BCUT2D eigenvalue weighted by Gasteiger charge is 2.27. The average Bonchev–Trinajstić information content (AvgIpc) is 2.76. The number of piperidine rings is 1. The van der Waals surface area contributed by atoms with Gasteiger partial charge in [-0.25, -0.2) is 0 Å². The number of hydrogen-bond donors (Lipinski definition) is 1. The van der Waals surface area contributed by atoms with Crippen LogP contribution in [0.3, 0.4) is 0 Å². The first-order chi connectivity index (χ1) is 14.1. The number of ether oxygens (including phenoxy) is 2. The number of aliphatic imine (C=N–C) groups is 1. The topological polar surface area (TPSA) is 83.5 Å². The molecule has 1 amide bonds. The number of amides is 1. The third kappa shape index (κ3) is 5.19. The number of fused-ring (bicyclic) bond motifs is 1. The van der Waals surface area contributed by atoms with Gasteiger partial charge in [-0.2, -0.15) is 0 Å². The number of esters is 1. The van der Waals surface area contributed by atoms with Gasteiger partial charge in [0.25, 0.3) is 5.91 Å².